The van der Waals surface area contributed by atoms with E-state index in [9.17, 15) is 18.0 Å². The minimum atomic E-state index is -4.76. The first kappa shape index (κ1) is 16.6. The summed E-state index contributed by atoms with van der Waals surface area (Å²) in [5, 5.41) is 2.58. The largest absolute Gasteiger partial charge is 0.573 e. The fourth-order valence-electron chi connectivity index (χ4n) is 2.26. The van der Waals surface area contributed by atoms with Gasteiger partial charge in [-0.2, -0.15) is 0 Å². The van der Waals surface area contributed by atoms with Crippen LogP contribution in [-0.4, -0.2) is 12.3 Å². The highest BCUT2D eigenvalue weighted by Crippen LogP contribution is 2.27. The van der Waals surface area contributed by atoms with Gasteiger partial charge in [-0.1, -0.05) is 30.3 Å². The smallest absolute Gasteiger partial charge is 0.459 e. The van der Waals surface area contributed by atoms with Crippen molar-refractivity contribution in [3.05, 3.63) is 72.7 Å². The highest BCUT2D eigenvalue weighted by molar-refractivity contribution is 6.06. The van der Waals surface area contributed by atoms with Gasteiger partial charge in [0.1, 0.15) is 5.75 Å². The molecular weight excluding hydrogens is 335 g/mol. The molecule has 1 amide bonds. The van der Waals surface area contributed by atoms with Crippen LogP contribution in [0.15, 0.2) is 71.3 Å². The fourth-order valence-corrected chi connectivity index (χ4v) is 2.26. The first-order valence-corrected chi connectivity index (χ1v) is 7.22. The molecule has 0 aliphatic rings. The fraction of sp³-hybridized carbons (Fsp3) is 0.0556. The Morgan fingerprint density at radius 1 is 0.960 bits per heavy atom. The van der Waals surface area contributed by atoms with Crippen LogP contribution < -0.4 is 10.1 Å². The summed E-state index contributed by atoms with van der Waals surface area (Å²) in [5.74, 6) is -0.761. The van der Waals surface area contributed by atoms with Gasteiger partial charge in [-0.3, -0.25) is 4.79 Å². The molecule has 0 saturated carbocycles. The lowest BCUT2D eigenvalue weighted by Crippen LogP contribution is -2.17. The highest BCUT2D eigenvalue weighted by atomic mass is 19.4. The maximum atomic E-state index is 12.4. The van der Waals surface area contributed by atoms with Gasteiger partial charge in [0, 0.05) is 11.3 Å². The molecule has 0 radical (unpaired) electrons. The third-order valence-electron chi connectivity index (χ3n) is 3.30. The highest BCUT2D eigenvalue weighted by Gasteiger charge is 2.31. The van der Waals surface area contributed by atoms with Gasteiger partial charge in [0.15, 0.2) is 5.76 Å². The number of rotatable bonds is 4. The number of furan rings is 1. The Balaban J connectivity index is 1.74. The van der Waals surface area contributed by atoms with Crippen molar-refractivity contribution in [2.75, 3.05) is 5.32 Å². The molecule has 2 aromatic carbocycles. The number of halogens is 3. The summed E-state index contributed by atoms with van der Waals surface area (Å²) in [4.78, 5) is 12.4. The van der Waals surface area contributed by atoms with Gasteiger partial charge in [0.2, 0.25) is 0 Å². The van der Waals surface area contributed by atoms with Crippen molar-refractivity contribution in [2.24, 2.45) is 0 Å². The number of amides is 1. The third-order valence-corrected chi connectivity index (χ3v) is 3.30. The van der Waals surface area contributed by atoms with Gasteiger partial charge in [-0.15, -0.1) is 13.2 Å². The summed E-state index contributed by atoms with van der Waals surface area (Å²) in [6, 6.07) is 15.7. The number of benzene rings is 2. The Morgan fingerprint density at radius 3 is 2.28 bits per heavy atom. The monoisotopic (exact) mass is 347 g/mol. The predicted octanol–water partition coefficient (Wildman–Crippen LogP) is 5.10. The molecule has 4 nitrogen and oxygen atoms in total. The van der Waals surface area contributed by atoms with Gasteiger partial charge < -0.3 is 14.5 Å². The van der Waals surface area contributed by atoms with Crippen LogP contribution >= 0.6 is 0 Å². The Labute approximate surface area is 140 Å². The zero-order chi connectivity index (χ0) is 17.9. The van der Waals surface area contributed by atoms with Gasteiger partial charge in [-0.25, -0.2) is 0 Å². The van der Waals surface area contributed by atoms with E-state index in [4.69, 9.17) is 4.42 Å². The van der Waals surface area contributed by atoms with Crippen molar-refractivity contribution in [3.63, 3.8) is 0 Å². The zero-order valence-electron chi connectivity index (χ0n) is 12.7. The lowest BCUT2D eigenvalue weighted by atomic mass is 10.1. The average molecular weight is 347 g/mol. The zero-order valence-corrected chi connectivity index (χ0v) is 12.7. The lowest BCUT2D eigenvalue weighted by molar-refractivity contribution is -0.274. The second-order valence-corrected chi connectivity index (χ2v) is 5.06. The van der Waals surface area contributed by atoms with Crippen molar-refractivity contribution in [3.8, 4) is 16.9 Å². The molecule has 1 N–H and O–H groups in total. The number of ether oxygens (including phenoxy) is 1. The summed E-state index contributed by atoms with van der Waals surface area (Å²) in [5.41, 5.74) is 1.75. The molecule has 0 aliphatic carbocycles. The average Bonchev–Trinajstić information content (AvgIpc) is 3.06. The first-order chi connectivity index (χ1) is 11.9. The molecule has 128 valence electrons. The summed E-state index contributed by atoms with van der Waals surface area (Å²) in [6.45, 7) is 0. The number of alkyl halides is 3. The minimum absolute atomic E-state index is 0.113. The Morgan fingerprint density at radius 2 is 1.64 bits per heavy atom. The van der Waals surface area contributed by atoms with E-state index in [0.29, 0.717) is 11.3 Å². The molecule has 0 unspecified atom stereocenters. The van der Waals surface area contributed by atoms with Crippen molar-refractivity contribution in [1.29, 1.82) is 0 Å². The van der Waals surface area contributed by atoms with E-state index in [0.717, 1.165) is 17.7 Å². The number of hydrogen-bond donors (Lipinski definition) is 1. The maximum Gasteiger partial charge on any atom is 0.573 e. The lowest BCUT2D eigenvalue weighted by Gasteiger charge is -2.10. The molecule has 3 rings (SSSR count). The molecular formula is C18H12F3NO3. The molecule has 1 aromatic heterocycles. The maximum absolute atomic E-state index is 12.4. The van der Waals surface area contributed by atoms with Crippen LogP contribution in [0.3, 0.4) is 0 Å². The van der Waals surface area contributed by atoms with Crippen molar-refractivity contribution >= 4 is 11.6 Å². The van der Waals surface area contributed by atoms with Crippen LogP contribution in [0.1, 0.15) is 10.6 Å². The second-order valence-electron chi connectivity index (χ2n) is 5.06. The second kappa shape index (κ2) is 6.72. The van der Waals surface area contributed by atoms with Crippen LogP contribution in [0, 0.1) is 0 Å². The normalized spacial score (nSPS) is 11.2. The van der Waals surface area contributed by atoms with Crippen molar-refractivity contribution in [1.82, 2.24) is 0 Å². The van der Waals surface area contributed by atoms with Gasteiger partial charge in [0.25, 0.3) is 5.91 Å². The SMILES string of the molecule is O=C(Nc1ccc(OC(F)(F)F)cc1)c1occc1-c1ccccc1. The van der Waals surface area contributed by atoms with Crippen LogP contribution in [0.25, 0.3) is 11.1 Å². The van der Waals surface area contributed by atoms with Crippen LogP contribution in [0.4, 0.5) is 18.9 Å². The Hall–Kier alpha value is -3.22. The Kier molecular flexibility index (Phi) is 4.47. The third kappa shape index (κ3) is 4.20. The van der Waals surface area contributed by atoms with Gasteiger partial charge in [0.05, 0.1) is 6.26 Å². The number of anilines is 1. The van der Waals surface area contributed by atoms with E-state index >= 15 is 0 Å². The molecule has 0 aliphatic heterocycles. The molecule has 1 heterocycles. The summed E-state index contributed by atoms with van der Waals surface area (Å²) in [7, 11) is 0. The molecule has 0 bridgehead atoms. The predicted molar refractivity (Wildman–Crippen MR) is 85.2 cm³/mol. The van der Waals surface area contributed by atoms with Crippen molar-refractivity contribution < 1.29 is 27.1 Å². The summed E-state index contributed by atoms with van der Waals surface area (Å²) < 4.78 is 45.5. The van der Waals surface area contributed by atoms with E-state index < -0.39 is 12.3 Å². The summed E-state index contributed by atoms with van der Waals surface area (Å²) in [6.07, 6.45) is -3.36. The van der Waals surface area contributed by atoms with Crippen molar-refractivity contribution in [2.45, 2.75) is 6.36 Å². The topological polar surface area (TPSA) is 51.5 Å². The van der Waals surface area contributed by atoms with E-state index in [1.165, 1.54) is 18.4 Å². The Bertz CT molecular complexity index is 855. The number of nitrogens with one attached hydrogen (secondary N) is 1. The molecule has 0 spiro atoms. The minimum Gasteiger partial charge on any atom is -0.459 e. The standard InChI is InChI=1S/C18H12F3NO3/c19-18(20,21)25-14-8-6-13(7-9-14)22-17(23)16-15(10-11-24-16)12-4-2-1-3-5-12/h1-11H,(H,22,23). The van der Waals surface area contributed by atoms with Crippen LogP contribution in [0.2, 0.25) is 0 Å². The number of carbonyl (C=O) groups is 1. The quantitative estimate of drug-likeness (QED) is 0.714. The van der Waals surface area contributed by atoms with Crippen LogP contribution in [0.5, 0.6) is 5.75 Å². The van der Waals surface area contributed by atoms with Gasteiger partial charge in [-0.05, 0) is 35.9 Å². The van der Waals surface area contributed by atoms with Gasteiger partial charge >= 0.3 is 6.36 Å². The molecule has 0 fully saturated rings. The van der Waals surface area contributed by atoms with E-state index in [2.05, 4.69) is 10.1 Å². The number of carbonyl (C=O) groups excluding carboxylic acids is 1. The molecule has 3 aromatic rings. The molecule has 0 atom stereocenters. The molecule has 7 heteroatoms. The first-order valence-electron chi connectivity index (χ1n) is 7.22. The number of hydrogen-bond acceptors (Lipinski definition) is 3. The van der Waals surface area contributed by atoms with Crippen LogP contribution in [-0.2, 0) is 0 Å². The molecule has 25 heavy (non-hydrogen) atoms. The van der Waals surface area contributed by atoms with E-state index in [1.54, 1.807) is 6.07 Å². The summed E-state index contributed by atoms with van der Waals surface area (Å²) >= 11 is 0. The van der Waals surface area contributed by atoms with E-state index in [1.807, 2.05) is 30.3 Å². The van der Waals surface area contributed by atoms with E-state index in [-0.39, 0.29) is 11.5 Å². The molecule has 0 saturated heterocycles.